The summed E-state index contributed by atoms with van der Waals surface area (Å²) in [6, 6.07) is 8.17. The SMILES string of the molecule is CC(=O)N1CCN(C2(C)CN(c3ccc(C4CCC(=O)NC4=O)cc3)C2)CC1.CC(C)(C)C.CCCC. The molecule has 0 aliphatic carbocycles. The first-order chi connectivity index (χ1) is 17.3. The number of unbranched alkanes of at least 4 members (excludes halogenated alkanes) is 1. The van der Waals surface area contributed by atoms with Crippen LogP contribution in [0.1, 0.15) is 92.6 Å². The van der Waals surface area contributed by atoms with Crippen LogP contribution in [0.15, 0.2) is 24.3 Å². The predicted molar refractivity (Wildman–Crippen MR) is 152 cm³/mol. The molecule has 3 aliphatic rings. The van der Waals surface area contributed by atoms with E-state index < -0.39 is 0 Å². The number of piperazine rings is 1. The number of hydrogen-bond donors (Lipinski definition) is 1. The molecule has 1 unspecified atom stereocenters. The molecule has 0 bridgehead atoms. The van der Waals surface area contributed by atoms with Gasteiger partial charge in [0.25, 0.3) is 0 Å². The summed E-state index contributed by atoms with van der Waals surface area (Å²) in [4.78, 5) is 41.7. The standard InChI is InChI=1S/C21H28N4O3.C5H12.C4H10/c1-15(26)23-9-11-25(12-10-23)21(2)13-24(14-21)17-5-3-16(4-6-17)18-7-8-19(27)22-20(18)28;1-5(2,3)4;1-3-4-2/h3-6,18H,7-14H2,1-2H3,(H,22,27,28);1-4H3;3-4H2,1-2H3. The maximum atomic E-state index is 12.0. The number of hydrogen-bond acceptors (Lipinski definition) is 5. The number of carbonyl (C=O) groups is 3. The molecule has 0 aromatic heterocycles. The number of nitrogens with zero attached hydrogens (tertiary/aromatic N) is 3. The minimum Gasteiger partial charge on any atom is -0.368 e. The quantitative estimate of drug-likeness (QED) is 0.584. The van der Waals surface area contributed by atoms with Gasteiger partial charge in [-0.1, -0.05) is 66.5 Å². The summed E-state index contributed by atoms with van der Waals surface area (Å²) in [6.45, 7) is 22.5. The van der Waals surface area contributed by atoms with Gasteiger partial charge in [-0.25, -0.2) is 0 Å². The molecule has 3 amide bonds. The fourth-order valence-corrected chi connectivity index (χ4v) is 4.65. The van der Waals surface area contributed by atoms with Crippen molar-refractivity contribution in [3.05, 3.63) is 29.8 Å². The van der Waals surface area contributed by atoms with Gasteiger partial charge in [0, 0.05) is 58.3 Å². The first kappa shape index (κ1) is 30.8. The van der Waals surface area contributed by atoms with Gasteiger partial charge in [-0.2, -0.15) is 0 Å². The lowest BCUT2D eigenvalue weighted by Crippen LogP contribution is -2.71. The van der Waals surface area contributed by atoms with Crippen LogP contribution in [0.5, 0.6) is 0 Å². The third kappa shape index (κ3) is 9.44. The third-order valence-corrected chi connectivity index (χ3v) is 6.95. The molecule has 37 heavy (non-hydrogen) atoms. The van der Waals surface area contributed by atoms with E-state index in [9.17, 15) is 14.4 Å². The van der Waals surface area contributed by atoms with Crippen molar-refractivity contribution in [1.82, 2.24) is 15.1 Å². The number of anilines is 1. The van der Waals surface area contributed by atoms with E-state index in [1.54, 1.807) is 6.92 Å². The highest BCUT2D eigenvalue weighted by atomic mass is 16.2. The maximum absolute atomic E-state index is 12.0. The topological polar surface area (TPSA) is 73.0 Å². The van der Waals surface area contributed by atoms with E-state index in [0.717, 1.165) is 50.5 Å². The predicted octanol–water partition coefficient (Wildman–Crippen LogP) is 4.81. The average molecular weight is 515 g/mol. The number of piperidine rings is 1. The van der Waals surface area contributed by atoms with Crippen LogP contribution in [0.2, 0.25) is 0 Å². The molecule has 1 atom stereocenters. The van der Waals surface area contributed by atoms with Gasteiger partial charge in [0.15, 0.2) is 0 Å². The van der Waals surface area contributed by atoms with Crippen molar-refractivity contribution in [2.24, 2.45) is 5.41 Å². The summed E-state index contributed by atoms with van der Waals surface area (Å²) in [5.74, 6) is -0.436. The molecule has 1 aromatic rings. The van der Waals surface area contributed by atoms with E-state index >= 15 is 0 Å². The zero-order valence-electron chi connectivity index (χ0n) is 24.5. The zero-order valence-corrected chi connectivity index (χ0v) is 24.5. The molecule has 7 nitrogen and oxygen atoms in total. The number of amides is 3. The van der Waals surface area contributed by atoms with Crippen LogP contribution in [0.3, 0.4) is 0 Å². The van der Waals surface area contributed by atoms with E-state index in [-0.39, 0.29) is 29.2 Å². The Morgan fingerprint density at radius 1 is 0.973 bits per heavy atom. The number of nitrogens with one attached hydrogen (secondary N) is 1. The fraction of sp³-hybridized carbons (Fsp3) is 0.700. The van der Waals surface area contributed by atoms with Crippen molar-refractivity contribution >= 4 is 23.4 Å². The van der Waals surface area contributed by atoms with Gasteiger partial charge in [0.1, 0.15) is 0 Å². The van der Waals surface area contributed by atoms with Crippen molar-refractivity contribution in [3.8, 4) is 0 Å². The molecule has 7 heteroatoms. The highest BCUT2D eigenvalue weighted by Gasteiger charge is 2.44. The van der Waals surface area contributed by atoms with Crippen molar-refractivity contribution in [2.75, 3.05) is 44.2 Å². The Bertz CT molecular complexity index is 884. The van der Waals surface area contributed by atoms with Crippen molar-refractivity contribution in [1.29, 1.82) is 0 Å². The van der Waals surface area contributed by atoms with E-state index in [2.05, 4.69) is 75.7 Å². The van der Waals surface area contributed by atoms with Crippen LogP contribution in [-0.2, 0) is 14.4 Å². The molecule has 1 aromatic carbocycles. The maximum Gasteiger partial charge on any atom is 0.234 e. The number of imide groups is 1. The normalized spacial score (nSPS) is 21.6. The molecule has 3 heterocycles. The molecular formula is C30H50N4O3. The Labute approximate surface area is 224 Å². The van der Waals surface area contributed by atoms with Crippen LogP contribution >= 0.6 is 0 Å². The summed E-state index contributed by atoms with van der Waals surface area (Å²) in [6.07, 6.45) is 3.62. The van der Waals surface area contributed by atoms with Crippen LogP contribution in [0.25, 0.3) is 0 Å². The number of carbonyl (C=O) groups excluding carboxylic acids is 3. The van der Waals surface area contributed by atoms with Crippen LogP contribution in [0.4, 0.5) is 5.69 Å². The van der Waals surface area contributed by atoms with E-state index in [1.807, 2.05) is 17.0 Å². The average Bonchev–Trinajstić information content (AvgIpc) is 2.81. The fourth-order valence-electron chi connectivity index (χ4n) is 4.65. The van der Waals surface area contributed by atoms with Gasteiger partial charge in [0.2, 0.25) is 17.7 Å². The second-order valence-corrected chi connectivity index (χ2v) is 12.4. The molecule has 3 saturated heterocycles. The lowest BCUT2D eigenvalue weighted by Gasteiger charge is -2.56. The monoisotopic (exact) mass is 514 g/mol. The minimum absolute atomic E-state index is 0.144. The summed E-state index contributed by atoms with van der Waals surface area (Å²) in [5.41, 5.74) is 2.78. The lowest BCUT2D eigenvalue weighted by atomic mass is 9.87. The highest BCUT2D eigenvalue weighted by Crippen LogP contribution is 2.34. The van der Waals surface area contributed by atoms with Crippen molar-refractivity contribution < 1.29 is 14.4 Å². The highest BCUT2D eigenvalue weighted by molar-refractivity contribution is 6.00. The van der Waals surface area contributed by atoms with E-state index in [1.165, 1.54) is 12.8 Å². The van der Waals surface area contributed by atoms with E-state index in [4.69, 9.17) is 0 Å². The molecule has 208 valence electrons. The Hall–Kier alpha value is -2.41. The van der Waals surface area contributed by atoms with Gasteiger partial charge >= 0.3 is 0 Å². The van der Waals surface area contributed by atoms with E-state index in [0.29, 0.717) is 18.3 Å². The molecule has 1 N–H and O–H groups in total. The van der Waals surface area contributed by atoms with Gasteiger partial charge in [0.05, 0.1) is 11.5 Å². The van der Waals surface area contributed by atoms with Crippen LogP contribution in [-0.4, -0.2) is 72.3 Å². The number of rotatable bonds is 4. The lowest BCUT2D eigenvalue weighted by molar-refractivity contribution is -0.134. The van der Waals surface area contributed by atoms with Gasteiger partial charge in [-0.15, -0.1) is 0 Å². The molecule has 3 aliphatic heterocycles. The van der Waals surface area contributed by atoms with Crippen molar-refractivity contribution in [2.45, 2.75) is 92.5 Å². The Morgan fingerprint density at radius 2 is 1.49 bits per heavy atom. The summed E-state index contributed by atoms with van der Waals surface area (Å²) in [7, 11) is 0. The summed E-state index contributed by atoms with van der Waals surface area (Å²) in [5, 5.41) is 2.43. The Kier molecular flexibility index (Phi) is 11.2. The second kappa shape index (κ2) is 13.4. The Morgan fingerprint density at radius 3 is 1.92 bits per heavy atom. The van der Waals surface area contributed by atoms with Crippen LogP contribution in [0, 0.1) is 5.41 Å². The van der Waals surface area contributed by atoms with Crippen LogP contribution < -0.4 is 10.2 Å². The van der Waals surface area contributed by atoms with Crippen molar-refractivity contribution in [3.63, 3.8) is 0 Å². The van der Waals surface area contributed by atoms with Gasteiger partial charge in [-0.3, -0.25) is 24.6 Å². The molecule has 0 saturated carbocycles. The minimum atomic E-state index is -0.231. The largest absolute Gasteiger partial charge is 0.368 e. The molecule has 3 fully saturated rings. The Balaban J connectivity index is 0.000000464. The second-order valence-electron chi connectivity index (χ2n) is 12.4. The summed E-state index contributed by atoms with van der Waals surface area (Å²) < 4.78 is 0. The summed E-state index contributed by atoms with van der Waals surface area (Å²) >= 11 is 0. The zero-order chi connectivity index (χ0) is 27.8. The molecule has 0 radical (unpaired) electrons. The first-order valence-electron chi connectivity index (χ1n) is 14.0. The first-order valence-corrected chi connectivity index (χ1v) is 14.0. The third-order valence-electron chi connectivity index (χ3n) is 6.95. The number of benzene rings is 1. The van der Waals surface area contributed by atoms with Gasteiger partial charge < -0.3 is 9.80 Å². The molecule has 0 spiro atoms. The van der Waals surface area contributed by atoms with Gasteiger partial charge in [-0.05, 0) is 36.5 Å². The molecular weight excluding hydrogens is 464 g/mol. The molecule has 4 rings (SSSR count). The smallest absolute Gasteiger partial charge is 0.234 e.